The molecule has 0 saturated heterocycles. The summed E-state index contributed by atoms with van der Waals surface area (Å²) in [7, 11) is 0. The zero-order valence-corrected chi connectivity index (χ0v) is 10.1. The Balaban J connectivity index is 2.70. The molecule has 0 aliphatic carbocycles. The minimum absolute atomic E-state index is 0.0214. The summed E-state index contributed by atoms with van der Waals surface area (Å²) in [4.78, 5) is 14.6. The van der Waals surface area contributed by atoms with Gasteiger partial charge in [-0.3, -0.25) is 10.1 Å². The number of hydroxylamine groups is 1. The van der Waals surface area contributed by atoms with Gasteiger partial charge in [0.1, 0.15) is 5.82 Å². The van der Waals surface area contributed by atoms with Crippen molar-refractivity contribution in [1.29, 1.82) is 0 Å². The molecule has 1 rings (SSSR count). The third kappa shape index (κ3) is 4.01. The van der Waals surface area contributed by atoms with Gasteiger partial charge in [-0.05, 0) is 5.92 Å². The van der Waals surface area contributed by atoms with Crippen molar-refractivity contribution in [1.82, 2.24) is 5.48 Å². The average Bonchev–Trinajstić information content (AvgIpc) is 2.25. The number of benzene rings is 1. The van der Waals surface area contributed by atoms with E-state index < -0.39 is 22.2 Å². The number of halogens is 2. The Hall–Kier alpha value is -1.60. The van der Waals surface area contributed by atoms with Crippen molar-refractivity contribution in [3.8, 4) is 0 Å². The van der Waals surface area contributed by atoms with Gasteiger partial charge >= 0.3 is 5.69 Å². The predicted octanol–water partition coefficient (Wildman–Crippen LogP) is 2.55. The summed E-state index contributed by atoms with van der Waals surface area (Å²) >= 11 is 0. The average molecular weight is 260 g/mol. The number of nitro benzene ring substituents is 1. The van der Waals surface area contributed by atoms with E-state index in [1.807, 2.05) is 13.8 Å². The summed E-state index contributed by atoms with van der Waals surface area (Å²) in [6.07, 6.45) is 0. The zero-order chi connectivity index (χ0) is 13.7. The van der Waals surface area contributed by atoms with Gasteiger partial charge in [-0.1, -0.05) is 13.8 Å². The van der Waals surface area contributed by atoms with E-state index in [2.05, 4.69) is 5.48 Å². The third-order valence-corrected chi connectivity index (χ3v) is 2.09. The van der Waals surface area contributed by atoms with Crippen molar-refractivity contribution in [2.24, 2.45) is 5.92 Å². The molecule has 0 saturated carbocycles. The topological polar surface area (TPSA) is 64.4 Å². The fourth-order valence-corrected chi connectivity index (χ4v) is 1.21. The molecule has 0 aliphatic heterocycles. The molecular weight excluding hydrogens is 246 g/mol. The Morgan fingerprint density at radius 2 is 2.06 bits per heavy atom. The van der Waals surface area contributed by atoms with E-state index in [9.17, 15) is 18.9 Å². The van der Waals surface area contributed by atoms with Crippen LogP contribution >= 0.6 is 0 Å². The number of nitrogens with one attached hydrogen (secondary N) is 1. The second-order valence-electron chi connectivity index (χ2n) is 4.18. The van der Waals surface area contributed by atoms with Crippen molar-refractivity contribution in [2.75, 3.05) is 6.61 Å². The Kier molecular flexibility index (Phi) is 5.11. The number of hydrogen-bond donors (Lipinski definition) is 1. The lowest BCUT2D eigenvalue weighted by molar-refractivity contribution is -0.387. The molecule has 0 radical (unpaired) electrons. The van der Waals surface area contributed by atoms with Gasteiger partial charge < -0.3 is 4.84 Å². The number of nitrogens with zero attached hydrogens (tertiary/aromatic N) is 1. The van der Waals surface area contributed by atoms with Crippen LogP contribution in [0.2, 0.25) is 0 Å². The van der Waals surface area contributed by atoms with Gasteiger partial charge in [0.2, 0.25) is 5.82 Å². The Morgan fingerprint density at radius 1 is 1.39 bits per heavy atom. The minimum atomic E-state index is -1.19. The van der Waals surface area contributed by atoms with Gasteiger partial charge in [-0.2, -0.15) is 9.87 Å². The van der Waals surface area contributed by atoms with E-state index in [-0.39, 0.29) is 12.1 Å². The molecule has 0 amide bonds. The highest BCUT2D eigenvalue weighted by Crippen LogP contribution is 2.21. The Labute approximate surface area is 103 Å². The summed E-state index contributed by atoms with van der Waals surface area (Å²) in [6.45, 7) is 4.22. The SMILES string of the molecule is CC(C)CONCc1cc([N+](=O)[O-])c(F)cc1F. The second kappa shape index (κ2) is 6.36. The van der Waals surface area contributed by atoms with Crippen LogP contribution in [0.5, 0.6) is 0 Å². The molecule has 1 aromatic rings. The van der Waals surface area contributed by atoms with Crippen LogP contribution in [0.15, 0.2) is 12.1 Å². The molecule has 0 spiro atoms. The van der Waals surface area contributed by atoms with Gasteiger partial charge in [0.05, 0.1) is 11.5 Å². The van der Waals surface area contributed by atoms with E-state index in [1.54, 1.807) is 0 Å². The third-order valence-electron chi connectivity index (χ3n) is 2.09. The molecule has 0 aromatic heterocycles. The maximum absolute atomic E-state index is 13.3. The number of nitro groups is 1. The normalized spacial score (nSPS) is 10.9. The number of hydrogen-bond acceptors (Lipinski definition) is 4. The first kappa shape index (κ1) is 14.5. The standard InChI is InChI=1S/C11H14F2N2O3/c1-7(2)6-18-14-5-8-3-11(15(16)17)10(13)4-9(8)12/h3-4,7,14H,5-6H2,1-2H3. The highest BCUT2D eigenvalue weighted by Gasteiger charge is 2.18. The van der Waals surface area contributed by atoms with Crippen molar-refractivity contribution in [2.45, 2.75) is 20.4 Å². The maximum Gasteiger partial charge on any atom is 0.305 e. The highest BCUT2D eigenvalue weighted by atomic mass is 19.1. The molecule has 0 fully saturated rings. The molecule has 1 aromatic carbocycles. The minimum Gasteiger partial charge on any atom is -0.301 e. The van der Waals surface area contributed by atoms with E-state index in [4.69, 9.17) is 4.84 Å². The quantitative estimate of drug-likeness (QED) is 0.485. The first-order valence-corrected chi connectivity index (χ1v) is 5.38. The van der Waals surface area contributed by atoms with E-state index in [1.165, 1.54) is 0 Å². The van der Waals surface area contributed by atoms with E-state index in [0.717, 1.165) is 6.07 Å². The van der Waals surface area contributed by atoms with Crippen LogP contribution in [0.25, 0.3) is 0 Å². The fourth-order valence-electron chi connectivity index (χ4n) is 1.21. The van der Waals surface area contributed by atoms with E-state index in [0.29, 0.717) is 18.6 Å². The first-order chi connectivity index (χ1) is 8.41. The van der Waals surface area contributed by atoms with E-state index >= 15 is 0 Å². The van der Waals surface area contributed by atoms with Crippen LogP contribution in [0.3, 0.4) is 0 Å². The zero-order valence-electron chi connectivity index (χ0n) is 10.1. The summed E-state index contributed by atoms with van der Waals surface area (Å²) < 4.78 is 26.4. The summed E-state index contributed by atoms with van der Waals surface area (Å²) in [6, 6.07) is 1.36. The van der Waals surface area contributed by atoms with Crippen LogP contribution in [-0.4, -0.2) is 11.5 Å². The lowest BCUT2D eigenvalue weighted by atomic mass is 10.2. The van der Waals surface area contributed by atoms with Gasteiger partial charge in [0.15, 0.2) is 0 Å². The lowest BCUT2D eigenvalue weighted by Crippen LogP contribution is -2.18. The van der Waals surface area contributed by atoms with Crippen LogP contribution < -0.4 is 5.48 Å². The van der Waals surface area contributed by atoms with Crippen LogP contribution in [0.4, 0.5) is 14.5 Å². The van der Waals surface area contributed by atoms with Crippen molar-refractivity contribution in [3.05, 3.63) is 39.4 Å². The molecule has 0 unspecified atom stereocenters. The van der Waals surface area contributed by atoms with Gasteiger partial charge in [0.25, 0.3) is 0 Å². The summed E-state index contributed by atoms with van der Waals surface area (Å²) in [5.41, 5.74) is 1.70. The Bertz CT molecular complexity index is 439. The van der Waals surface area contributed by atoms with Crippen LogP contribution in [-0.2, 0) is 11.4 Å². The first-order valence-electron chi connectivity index (χ1n) is 5.38. The van der Waals surface area contributed by atoms with Gasteiger partial charge in [0, 0.05) is 24.2 Å². The molecule has 1 N–H and O–H groups in total. The lowest BCUT2D eigenvalue weighted by Gasteiger charge is -2.08. The molecule has 0 bridgehead atoms. The fraction of sp³-hybridized carbons (Fsp3) is 0.455. The monoisotopic (exact) mass is 260 g/mol. The van der Waals surface area contributed by atoms with Crippen LogP contribution in [0, 0.1) is 27.7 Å². The molecule has 100 valence electrons. The largest absolute Gasteiger partial charge is 0.305 e. The van der Waals surface area contributed by atoms with Gasteiger partial charge in [-0.15, -0.1) is 0 Å². The predicted molar refractivity (Wildman–Crippen MR) is 60.6 cm³/mol. The van der Waals surface area contributed by atoms with Gasteiger partial charge in [-0.25, -0.2) is 4.39 Å². The molecule has 7 heteroatoms. The molecular formula is C11H14F2N2O3. The van der Waals surface area contributed by atoms with Crippen molar-refractivity contribution in [3.63, 3.8) is 0 Å². The van der Waals surface area contributed by atoms with Crippen molar-refractivity contribution >= 4 is 5.69 Å². The molecule has 0 heterocycles. The smallest absolute Gasteiger partial charge is 0.301 e. The van der Waals surface area contributed by atoms with Crippen molar-refractivity contribution < 1.29 is 18.5 Å². The molecule has 0 aliphatic rings. The summed E-state index contributed by atoms with van der Waals surface area (Å²) in [5.74, 6) is -1.74. The summed E-state index contributed by atoms with van der Waals surface area (Å²) in [5, 5.41) is 10.5. The Morgan fingerprint density at radius 3 is 2.61 bits per heavy atom. The number of rotatable bonds is 6. The molecule has 5 nitrogen and oxygen atoms in total. The highest BCUT2D eigenvalue weighted by molar-refractivity contribution is 5.37. The van der Waals surface area contributed by atoms with Crippen LogP contribution in [0.1, 0.15) is 19.4 Å². The second-order valence-corrected chi connectivity index (χ2v) is 4.18. The molecule has 18 heavy (non-hydrogen) atoms. The molecule has 0 atom stereocenters. The maximum atomic E-state index is 13.3.